The number of rotatable bonds is 4. The molecule has 0 bridgehead atoms. The van der Waals surface area contributed by atoms with Crippen LogP contribution in [0.15, 0.2) is 41.1 Å². The summed E-state index contributed by atoms with van der Waals surface area (Å²) < 4.78 is 8.24. The van der Waals surface area contributed by atoms with E-state index in [0.717, 1.165) is 22.3 Å². The predicted octanol–water partition coefficient (Wildman–Crippen LogP) is 2.42. The average Bonchev–Trinajstić information content (AvgIpc) is 3.17. The van der Waals surface area contributed by atoms with Gasteiger partial charge in [0.15, 0.2) is 0 Å². The van der Waals surface area contributed by atoms with Gasteiger partial charge in [-0.15, -0.1) is 0 Å². The predicted molar refractivity (Wildman–Crippen MR) is 86.3 cm³/mol. The summed E-state index contributed by atoms with van der Waals surface area (Å²) in [5.74, 6) is 0.765. The van der Waals surface area contributed by atoms with E-state index < -0.39 is 0 Å². The van der Waals surface area contributed by atoms with Gasteiger partial charge in [-0.3, -0.25) is 4.79 Å². The first-order valence-electron chi connectivity index (χ1n) is 7.26. The van der Waals surface area contributed by atoms with Crippen molar-refractivity contribution < 1.29 is 9.53 Å². The maximum atomic E-state index is 12.5. The lowest BCUT2D eigenvalue weighted by Gasteiger charge is -2.21. The number of halogens is 1. The molecule has 1 fully saturated rings. The molecule has 0 radical (unpaired) electrons. The Balaban J connectivity index is 1.87. The summed E-state index contributed by atoms with van der Waals surface area (Å²) in [7, 11) is 1.93. The molecule has 3 rings (SSSR count). The van der Waals surface area contributed by atoms with Crippen LogP contribution in [0.5, 0.6) is 0 Å². The zero-order valence-electron chi connectivity index (χ0n) is 12.3. The number of hydrogen-bond acceptors (Lipinski definition) is 3. The molecule has 5 nitrogen and oxygen atoms in total. The van der Waals surface area contributed by atoms with Crippen molar-refractivity contribution in [3.63, 3.8) is 0 Å². The van der Waals surface area contributed by atoms with E-state index in [2.05, 4.69) is 26.2 Å². The number of benzene rings is 1. The van der Waals surface area contributed by atoms with E-state index in [0.29, 0.717) is 13.2 Å². The Bertz CT molecular complexity index is 648. The molecular weight excluding hydrogens is 346 g/mol. The Morgan fingerprint density at radius 3 is 2.82 bits per heavy atom. The van der Waals surface area contributed by atoms with Crippen LogP contribution in [0.4, 0.5) is 0 Å². The summed E-state index contributed by atoms with van der Waals surface area (Å²) in [6.45, 7) is 1.16. The maximum Gasteiger partial charge on any atom is 0.226 e. The fourth-order valence-corrected chi connectivity index (χ4v) is 2.87. The molecule has 1 aromatic heterocycles. The largest absolute Gasteiger partial charge is 0.381 e. The third-order valence-electron chi connectivity index (χ3n) is 3.91. The minimum atomic E-state index is -0.263. The Morgan fingerprint density at radius 2 is 2.23 bits per heavy atom. The number of ether oxygens (including phenoxy) is 1. The zero-order chi connectivity index (χ0) is 15.5. The number of imidazole rings is 1. The molecule has 1 saturated heterocycles. The minimum absolute atomic E-state index is 0.0217. The van der Waals surface area contributed by atoms with Crippen molar-refractivity contribution in [2.75, 3.05) is 13.2 Å². The first-order valence-corrected chi connectivity index (χ1v) is 8.05. The van der Waals surface area contributed by atoms with Crippen molar-refractivity contribution in [1.29, 1.82) is 0 Å². The summed E-state index contributed by atoms with van der Waals surface area (Å²) in [5, 5.41) is 3.12. The van der Waals surface area contributed by atoms with Gasteiger partial charge in [-0.1, -0.05) is 28.1 Å². The minimum Gasteiger partial charge on any atom is -0.381 e. The number of hydrogen-bond donors (Lipinski definition) is 1. The lowest BCUT2D eigenvalue weighted by atomic mass is 10.0. The van der Waals surface area contributed by atoms with Gasteiger partial charge in [-0.05, 0) is 24.1 Å². The molecule has 0 spiro atoms. The number of nitrogens with zero attached hydrogens (tertiary/aromatic N) is 2. The van der Waals surface area contributed by atoms with E-state index in [1.54, 1.807) is 6.20 Å². The van der Waals surface area contributed by atoms with Crippen LogP contribution in [0.3, 0.4) is 0 Å². The Labute approximate surface area is 137 Å². The van der Waals surface area contributed by atoms with Crippen LogP contribution in [0.1, 0.15) is 23.9 Å². The highest BCUT2D eigenvalue weighted by atomic mass is 79.9. The molecule has 1 amide bonds. The number of nitrogens with one attached hydrogen (secondary N) is 1. The quantitative estimate of drug-likeness (QED) is 0.907. The Kier molecular flexibility index (Phi) is 4.59. The summed E-state index contributed by atoms with van der Waals surface area (Å²) in [6, 6.07) is 7.66. The normalized spacial score (nSPS) is 19.1. The van der Waals surface area contributed by atoms with E-state index in [4.69, 9.17) is 4.74 Å². The van der Waals surface area contributed by atoms with Gasteiger partial charge in [-0.25, -0.2) is 4.98 Å². The zero-order valence-corrected chi connectivity index (χ0v) is 13.9. The molecule has 2 atom stereocenters. The molecule has 1 N–H and O–H groups in total. The highest BCUT2D eigenvalue weighted by molar-refractivity contribution is 9.10. The van der Waals surface area contributed by atoms with E-state index in [1.807, 2.05) is 42.1 Å². The third-order valence-corrected chi connectivity index (χ3v) is 4.44. The van der Waals surface area contributed by atoms with Crippen LogP contribution in [0.2, 0.25) is 0 Å². The molecule has 6 heteroatoms. The Morgan fingerprint density at radius 1 is 1.45 bits per heavy atom. The molecule has 0 aliphatic carbocycles. The third kappa shape index (κ3) is 3.23. The number of aromatic nitrogens is 2. The fourth-order valence-electron chi connectivity index (χ4n) is 2.61. The van der Waals surface area contributed by atoms with Crippen LogP contribution in [0.25, 0.3) is 0 Å². The van der Waals surface area contributed by atoms with E-state index >= 15 is 0 Å². The van der Waals surface area contributed by atoms with E-state index in [1.165, 1.54) is 0 Å². The molecule has 2 aromatic rings. The van der Waals surface area contributed by atoms with E-state index in [9.17, 15) is 4.79 Å². The lowest BCUT2D eigenvalue weighted by molar-refractivity contribution is -0.125. The SMILES string of the molecule is Cn1ccnc1C(NC(=O)C1CCOC1)c1ccc(Br)cc1. The maximum absolute atomic E-state index is 12.5. The Hall–Kier alpha value is -1.66. The van der Waals surface area contributed by atoms with Crippen molar-refractivity contribution >= 4 is 21.8 Å². The second-order valence-corrected chi connectivity index (χ2v) is 6.37. The van der Waals surface area contributed by atoms with Gasteiger partial charge >= 0.3 is 0 Å². The van der Waals surface area contributed by atoms with Gasteiger partial charge in [0.25, 0.3) is 0 Å². The van der Waals surface area contributed by atoms with Crippen molar-refractivity contribution in [2.45, 2.75) is 12.5 Å². The number of carbonyl (C=O) groups excluding carboxylic acids is 1. The molecule has 0 saturated carbocycles. The number of carbonyl (C=O) groups is 1. The van der Waals surface area contributed by atoms with Crippen LogP contribution in [0, 0.1) is 5.92 Å². The van der Waals surface area contributed by atoms with Gasteiger partial charge < -0.3 is 14.6 Å². The van der Waals surface area contributed by atoms with Crippen molar-refractivity contribution in [2.24, 2.45) is 13.0 Å². The topological polar surface area (TPSA) is 56.2 Å². The standard InChI is InChI=1S/C16H18BrN3O2/c1-20-8-7-18-15(20)14(11-2-4-13(17)5-3-11)19-16(21)12-6-9-22-10-12/h2-5,7-8,12,14H,6,9-10H2,1H3,(H,19,21). The molecule has 1 aliphatic rings. The van der Waals surface area contributed by atoms with Crippen molar-refractivity contribution in [1.82, 2.24) is 14.9 Å². The fraction of sp³-hybridized carbons (Fsp3) is 0.375. The van der Waals surface area contributed by atoms with Gasteiger partial charge in [0.05, 0.1) is 12.5 Å². The summed E-state index contributed by atoms with van der Waals surface area (Å²) >= 11 is 3.44. The number of aryl methyl sites for hydroxylation is 1. The first kappa shape index (κ1) is 15.2. The summed E-state index contributed by atoms with van der Waals surface area (Å²) in [6.07, 6.45) is 4.40. The summed E-state index contributed by atoms with van der Waals surface area (Å²) in [5.41, 5.74) is 1.00. The summed E-state index contributed by atoms with van der Waals surface area (Å²) in [4.78, 5) is 16.9. The average molecular weight is 364 g/mol. The smallest absolute Gasteiger partial charge is 0.226 e. The molecular formula is C16H18BrN3O2. The molecule has 1 aromatic carbocycles. The lowest BCUT2D eigenvalue weighted by Crippen LogP contribution is -2.36. The van der Waals surface area contributed by atoms with Crippen molar-refractivity contribution in [3.05, 3.63) is 52.5 Å². The van der Waals surface area contributed by atoms with Gasteiger partial charge in [0.1, 0.15) is 11.9 Å². The van der Waals surface area contributed by atoms with Crippen LogP contribution in [-0.4, -0.2) is 28.7 Å². The van der Waals surface area contributed by atoms with Gasteiger partial charge in [0, 0.05) is 30.5 Å². The second kappa shape index (κ2) is 6.62. The first-order chi connectivity index (χ1) is 10.6. The molecule has 22 heavy (non-hydrogen) atoms. The van der Waals surface area contributed by atoms with Crippen molar-refractivity contribution in [3.8, 4) is 0 Å². The van der Waals surface area contributed by atoms with Crippen LogP contribution < -0.4 is 5.32 Å². The van der Waals surface area contributed by atoms with Crippen LogP contribution in [-0.2, 0) is 16.6 Å². The molecule has 2 heterocycles. The molecule has 2 unspecified atom stereocenters. The highest BCUT2D eigenvalue weighted by Gasteiger charge is 2.28. The monoisotopic (exact) mass is 363 g/mol. The second-order valence-electron chi connectivity index (χ2n) is 5.45. The highest BCUT2D eigenvalue weighted by Crippen LogP contribution is 2.24. The number of amides is 1. The van der Waals surface area contributed by atoms with Gasteiger partial charge in [0.2, 0.25) is 5.91 Å². The molecule has 116 valence electrons. The van der Waals surface area contributed by atoms with Crippen LogP contribution >= 0.6 is 15.9 Å². The van der Waals surface area contributed by atoms with E-state index in [-0.39, 0.29) is 17.9 Å². The van der Waals surface area contributed by atoms with Gasteiger partial charge in [-0.2, -0.15) is 0 Å². The molecule has 1 aliphatic heterocycles.